The highest BCUT2D eigenvalue weighted by atomic mass is 79.9. The van der Waals surface area contributed by atoms with Crippen LogP contribution in [0.5, 0.6) is 0 Å². The van der Waals surface area contributed by atoms with E-state index in [9.17, 15) is 4.79 Å². The van der Waals surface area contributed by atoms with Gasteiger partial charge in [0.05, 0.1) is 16.8 Å². The van der Waals surface area contributed by atoms with E-state index in [0.717, 1.165) is 15.6 Å². The van der Waals surface area contributed by atoms with Crippen LogP contribution in [0.2, 0.25) is 5.02 Å². The maximum absolute atomic E-state index is 12.3. The second-order valence-electron chi connectivity index (χ2n) is 5.58. The molecule has 2 aromatic carbocycles. The Balaban J connectivity index is 1.68. The summed E-state index contributed by atoms with van der Waals surface area (Å²) in [4.78, 5) is 12.3. The van der Waals surface area contributed by atoms with E-state index < -0.39 is 6.04 Å². The molecule has 1 aromatic heterocycles. The number of nitrogens with one attached hydrogen (secondary N) is 2. The van der Waals surface area contributed by atoms with Crippen LogP contribution in [0.15, 0.2) is 59.1 Å². The van der Waals surface area contributed by atoms with Crippen LogP contribution < -0.4 is 11.1 Å². The minimum absolute atomic E-state index is 0.290. The van der Waals surface area contributed by atoms with Crippen molar-refractivity contribution < 1.29 is 4.79 Å². The predicted octanol–water partition coefficient (Wildman–Crippen LogP) is 4.00. The highest BCUT2D eigenvalue weighted by Gasteiger charge is 2.16. The summed E-state index contributed by atoms with van der Waals surface area (Å²) in [7, 11) is 0. The van der Waals surface area contributed by atoms with Gasteiger partial charge in [0.2, 0.25) is 5.91 Å². The Kier molecular flexibility index (Phi) is 5.53. The number of aromatic amines is 1. The normalized spacial score (nSPS) is 12.0. The van der Waals surface area contributed by atoms with E-state index in [4.69, 9.17) is 17.3 Å². The lowest BCUT2D eigenvalue weighted by molar-refractivity contribution is -0.117. The number of nitrogens with zero attached hydrogens (tertiary/aromatic N) is 1. The third kappa shape index (κ3) is 4.48. The number of hydrogen-bond donors (Lipinski definition) is 3. The molecule has 5 nitrogen and oxygen atoms in total. The van der Waals surface area contributed by atoms with Gasteiger partial charge < -0.3 is 11.1 Å². The van der Waals surface area contributed by atoms with Crippen LogP contribution >= 0.6 is 27.5 Å². The average Bonchev–Trinajstić information content (AvgIpc) is 3.06. The van der Waals surface area contributed by atoms with Crippen molar-refractivity contribution in [3.8, 4) is 11.3 Å². The van der Waals surface area contributed by atoms with E-state index in [0.29, 0.717) is 23.0 Å². The Morgan fingerprint density at radius 3 is 2.76 bits per heavy atom. The van der Waals surface area contributed by atoms with Gasteiger partial charge in [-0.05, 0) is 30.2 Å². The molecule has 0 radical (unpaired) electrons. The molecular weight excluding hydrogens is 404 g/mol. The van der Waals surface area contributed by atoms with Crippen molar-refractivity contribution in [2.24, 2.45) is 5.73 Å². The van der Waals surface area contributed by atoms with Crippen LogP contribution in [-0.2, 0) is 11.2 Å². The summed E-state index contributed by atoms with van der Waals surface area (Å²) in [6, 6.07) is 16.2. The second kappa shape index (κ2) is 7.82. The number of nitrogens with two attached hydrogens (primary N) is 1. The first-order valence-corrected chi connectivity index (χ1v) is 8.81. The summed E-state index contributed by atoms with van der Waals surface area (Å²) in [5.74, 6) is 0.113. The Morgan fingerprint density at radius 2 is 2.00 bits per heavy atom. The SMILES string of the molecule is NC(Cc1ccccc1)C(=O)Nc1cc(-c2cc(Br)ccc2Cl)[nH]n1. The van der Waals surface area contributed by atoms with Crippen molar-refractivity contribution >= 4 is 39.3 Å². The minimum atomic E-state index is -0.656. The molecule has 0 saturated heterocycles. The molecule has 128 valence electrons. The molecule has 4 N–H and O–H groups in total. The molecule has 0 aliphatic rings. The van der Waals surface area contributed by atoms with Gasteiger partial charge >= 0.3 is 0 Å². The summed E-state index contributed by atoms with van der Waals surface area (Å²) in [6.45, 7) is 0. The molecule has 0 saturated carbocycles. The number of hydrogen-bond acceptors (Lipinski definition) is 3. The standard InChI is InChI=1S/C18H16BrClN4O/c19-12-6-7-14(20)13(9-12)16-10-17(24-23-16)22-18(25)15(21)8-11-4-2-1-3-5-11/h1-7,9-10,15H,8,21H2,(H2,22,23,24,25). The average molecular weight is 420 g/mol. The molecule has 0 aliphatic heterocycles. The molecule has 1 unspecified atom stereocenters. The Labute approximate surface area is 158 Å². The topological polar surface area (TPSA) is 83.8 Å². The quantitative estimate of drug-likeness (QED) is 0.584. The first-order valence-electron chi connectivity index (χ1n) is 7.64. The largest absolute Gasteiger partial charge is 0.320 e. The van der Waals surface area contributed by atoms with Crippen molar-refractivity contribution in [1.29, 1.82) is 0 Å². The maximum atomic E-state index is 12.3. The van der Waals surface area contributed by atoms with Crippen molar-refractivity contribution in [2.45, 2.75) is 12.5 Å². The Bertz CT molecular complexity index is 882. The van der Waals surface area contributed by atoms with Gasteiger partial charge in [0.15, 0.2) is 5.82 Å². The molecule has 0 spiro atoms. The molecule has 3 aromatic rings. The van der Waals surface area contributed by atoms with Crippen LogP contribution in [0.3, 0.4) is 0 Å². The number of benzene rings is 2. The number of H-pyrrole nitrogens is 1. The second-order valence-corrected chi connectivity index (χ2v) is 6.90. The summed E-state index contributed by atoms with van der Waals surface area (Å²) in [5, 5.41) is 10.3. The highest BCUT2D eigenvalue weighted by Crippen LogP contribution is 2.30. The summed E-state index contributed by atoms with van der Waals surface area (Å²) in [5.41, 5.74) is 8.49. The van der Waals surface area contributed by atoms with Crippen LogP contribution in [0.1, 0.15) is 5.56 Å². The van der Waals surface area contributed by atoms with Gasteiger partial charge in [-0.2, -0.15) is 5.10 Å². The van der Waals surface area contributed by atoms with Gasteiger partial charge in [-0.1, -0.05) is 57.9 Å². The van der Waals surface area contributed by atoms with E-state index in [1.807, 2.05) is 42.5 Å². The summed E-state index contributed by atoms with van der Waals surface area (Å²) in [6.07, 6.45) is 0.460. The van der Waals surface area contributed by atoms with E-state index >= 15 is 0 Å². The zero-order valence-corrected chi connectivity index (χ0v) is 15.5. The molecule has 3 rings (SSSR count). The lowest BCUT2D eigenvalue weighted by Gasteiger charge is -2.10. The van der Waals surface area contributed by atoms with Gasteiger partial charge in [0, 0.05) is 16.1 Å². The van der Waals surface area contributed by atoms with Crippen LogP contribution in [0, 0.1) is 0 Å². The van der Waals surface area contributed by atoms with Crippen molar-refractivity contribution in [3.63, 3.8) is 0 Å². The number of carbonyl (C=O) groups excluding carboxylic acids is 1. The van der Waals surface area contributed by atoms with Gasteiger partial charge in [-0.3, -0.25) is 9.89 Å². The number of aromatic nitrogens is 2. The number of anilines is 1. The zero-order chi connectivity index (χ0) is 17.8. The zero-order valence-electron chi connectivity index (χ0n) is 13.2. The number of amides is 1. The predicted molar refractivity (Wildman–Crippen MR) is 103 cm³/mol. The molecule has 0 bridgehead atoms. The van der Waals surface area contributed by atoms with E-state index in [1.165, 1.54) is 0 Å². The highest BCUT2D eigenvalue weighted by molar-refractivity contribution is 9.10. The third-order valence-corrected chi connectivity index (χ3v) is 4.51. The molecular formula is C18H16BrClN4O. The van der Waals surface area contributed by atoms with Gasteiger partial charge in [-0.25, -0.2) is 0 Å². The number of carbonyl (C=O) groups is 1. The smallest absolute Gasteiger partial charge is 0.242 e. The number of rotatable bonds is 5. The molecule has 1 heterocycles. The van der Waals surface area contributed by atoms with Gasteiger partial charge in [0.1, 0.15) is 0 Å². The lowest BCUT2D eigenvalue weighted by Crippen LogP contribution is -2.37. The van der Waals surface area contributed by atoms with E-state index in [1.54, 1.807) is 12.1 Å². The van der Waals surface area contributed by atoms with Crippen molar-refractivity contribution in [2.75, 3.05) is 5.32 Å². The molecule has 25 heavy (non-hydrogen) atoms. The molecule has 0 aliphatic carbocycles. The van der Waals surface area contributed by atoms with E-state index in [-0.39, 0.29) is 5.91 Å². The molecule has 1 amide bonds. The van der Waals surface area contributed by atoms with Crippen LogP contribution in [0.4, 0.5) is 5.82 Å². The third-order valence-electron chi connectivity index (χ3n) is 3.68. The van der Waals surface area contributed by atoms with E-state index in [2.05, 4.69) is 31.4 Å². The minimum Gasteiger partial charge on any atom is -0.320 e. The Hall–Kier alpha value is -2.15. The maximum Gasteiger partial charge on any atom is 0.242 e. The fourth-order valence-electron chi connectivity index (χ4n) is 2.41. The summed E-state index contributed by atoms with van der Waals surface area (Å²) >= 11 is 9.62. The lowest BCUT2D eigenvalue weighted by atomic mass is 10.1. The Morgan fingerprint density at radius 1 is 1.24 bits per heavy atom. The number of halogens is 2. The van der Waals surface area contributed by atoms with Crippen molar-refractivity contribution in [3.05, 3.63) is 69.7 Å². The van der Waals surface area contributed by atoms with Gasteiger partial charge in [0.25, 0.3) is 0 Å². The molecule has 1 atom stereocenters. The van der Waals surface area contributed by atoms with Crippen LogP contribution in [0.25, 0.3) is 11.3 Å². The summed E-state index contributed by atoms with van der Waals surface area (Å²) < 4.78 is 0.900. The first kappa shape index (κ1) is 17.7. The fraction of sp³-hybridized carbons (Fsp3) is 0.111. The van der Waals surface area contributed by atoms with Crippen molar-refractivity contribution in [1.82, 2.24) is 10.2 Å². The molecule has 7 heteroatoms. The molecule has 0 fully saturated rings. The van der Waals surface area contributed by atoms with Crippen LogP contribution in [-0.4, -0.2) is 22.1 Å². The monoisotopic (exact) mass is 418 g/mol. The fourth-order valence-corrected chi connectivity index (χ4v) is 2.99. The first-order chi connectivity index (χ1) is 12.0. The van der Waals surface area contributed by atoms with Gasteiger partial charge in [-0.15, -0.1) is 0 Å².